The lowest BCUT2D eigenvalue weighted by atomic mass is 10.2. The Bertz CT molecular complexity index is 605. The van der Waals surface area contributed by atoms with E-state index in [4.69, 9.17) is 4.74 Å². The topological polar surface area (TPSA) is 64.1 Å². The standard InChI is InChI=1S/C14H15N3O2S/c1-19-12-6-4-3-5-10(12)7-15-13-11(9-18)8-16-14(17-13)20-2/h3-6,8-9H,7H2,1-2H3,(H,15,16,17). The molecule has 0 amide bonds. The lowest BCUT2D eigenvalue weighted by Crippen LogP contribution is -2.07. The molecule has 0 radical (unpaired) electrons. The third kappa shape index (κ3) is 3.27. The molecule has 0 unspecified atom stereocenters. The first-order valence-corrected chi connectivity index (χ1v) is 7.23. The van der Waals surface area contributed by atoms with Gasteiger partial charge in [-0.25, -0.2) is 9.97 Å². The largest absolute Gasteiger partial charge is 0.496 e. The Morgan fingerprint density at radius 1 is 1.40 bits per heavy atom. The van der Waals surface area contributed by atoms with Crippen LogP contribution in [0.3, 0.4) is 0 Å². The number of ether oxygens (including phenoxy) is 1. The number of benzene rings is 1. The average molecular weight is 289 g/mol. The zero-order valence-electron chi connectivity index (χ0n) is 11.3. The van der Waals surface area contributed by atoms with Gasteiger partial charge in [0.2, 0.25) is 0 Å². The highest BCUT2D eigenvalue weighted by atomic mass is 32.2. The molecule has 0 atom stereocenters. The van der Waals surface area contributed by atoms with E-state index in [2.05, 4.69) is 15.3 Å². The number of carbonyl (C=O) groups is 1. The van der Waals surface area contributed by atoms with E-state index in [0.29, 0.717) is 23.1 Å². The number of thioether (sulfide) groups is 1. The number of para-hydroxylation sites is 1. The fourth-order valence-electron chi connectivity index (χ4n) is 1.73. The van der Waals surface area contributed by atoms with Gasteiger partial charge in [0.25, 0.3) is 0 Å². The first-order valence-electron chi connectivity index (χ1n) is 6.00. The summed E-state index contributed by atoms with van der Waals surface area (Å²) in [7, 11) is 1.63. The van der Waals surface area contributed by atoms with E-state index < -0.39 is 0 Å². The van der Waals surface area contributed by atoms with E-state index in [9.17, 15) is 4.79 Å². The molecule has 0 bridgehead atoms. The van der Waals surface area contributed by atoms with Crippen LogP contribution in [0.15, 0.2) is 35.6 Å². The molecule has 0 saturated carbocycles. The summed E-state index contributed by atoms with van der Waals surface area (Å²) in [6.45, 7) is 0.523. The van der Waals surface area contributed by atoms with Gasteiger partial charge < -0.3 is 10.1 Å². The van der Waals surface area contributed by atoms with Gasteiger partial charge in [0.1, 0.15) is 11.6 Å². The maximum atomic E-state index is 11.0. The van der Waals surface area contributed by atoms with Gasteiger partial charge in [-0.1, -0.05) is 30.0 Å². The lowest BCUT2D eigenvalue weighted by molar-refractivity contribution is 0.112. The smallest absolute Gasteiger partial charge is 0.189 e. The SMILES string of the molecule is COc1ccccc1CNc1nc(SC)ncc1C=O. The molecule has 0 aliphatic carbocycles. The summed E-state index contributed by atoms with van der Waals surface area (Å²) in [4.78, 5) is 19.4. The molecular weight excluding hydrogens is 274 g/mol. The van der Waals surface area contributed by atoms with Gasteiger partial charge in [0.05, 0.1) is 12.7 Å². The summed E-state index contributed by atoms with van der Waals surface area (Å²) < 4.78 is 5.29. The Labute approximate surface area is 121 Å². The molecule has 6 heteroatoms. The average Bonchev–Trinajstić information content (AvgIpc) is 2.52. The van der Waals surface area contributed by atoms with Crippen molar-refractivity contribution in [2.75, 3.05) is 18.7 Å². The number of aldehydes is 1. The molecule has 0 spiro atoms. The van der Waals surface area contributed by atoms with E-state index in [1.54, 1.807) is 7.11 Å². The van der Waals surface area contributed by atoms with Crippen LogP contribution in [0, 0.1) is 0 Å². The highest BCUT2D eigenvalue weighted by molar-refractivity contribution is 7.98. The van der Waals surface area contributed by atoms with Gasteiger partial charge in [0.15, 0.2) is 11.4 Å². The van der Waals surface area contributed by atoms with Crippen LogP contribution in [0.1, 0.15) is 15.9 Å². The summed E-state index contributed by atoms with van der Waals surface area (Å²) in [5.74, 6) is 1.33. The molecule has 0 aliphatic rings. The van der Waals surface area contributed by atoms with Crippen LogP contribution < -0.4 is 10.1 Å². The minimum atomic E-state index is 0.442. The molecule has 1 heterocycles. The monoisotopic (exact) mass is 289 g/mol. The van der Waals surface area contributed by atoms with Crippen molar-refractivity contribution in [1.29, 1.82) is 0 Å². The zero-order valence-corrected chi connectivity index (χ0v) is 12.1. The number of rotatable bonds is 6. The number of aromatic nitrogens is 2. The highest BCUT2D eigenvalue weighted by Crippen LogP contribution is 2.20. The van der Waals surface area contributed by atoms with Crippen molar-refractivity contribution in [3.05, 3.63) is 41.6 Å². The lowest BCUT2D eigenvalue weighted by Gasteiger charge is -2.11. The number of carbonyl (C=O) groups excluding carboxylic acids is 1. The van der Waals surface area contributed by atoms with E-state index in [1.165, 1.54) is 18.0 Å². The first kappa shape index (κ1) is 14.3. The molecule has 0 fully saturated rings. The van der Waals surface area contributed by atoms with Crippen molar-refractivity contribution in [2.45, 2.75) is 11.7 Å². The Morgan fingerprint density at radius 2 is 2.20 bits per heavy atom. The number of hydrogen-bond donors (Lipinski definition) is 1. The van der Waals surface area contributed by atoms with Gasteiger partial charge in [-0.05, 0) is 12.3 Å². The third-order valence-corrected chi connectivity index (χ3v) is 3.31. The molecule has 5 nitrogen and oxygen atoms in total. The maximum absolute atomic E-state index is 11.0. The minimum Gasteiger partial charge on any atom is -0.496 e. The molecular formula is C14H15N3O2S. The van der Waals surface area contributed by atoms with Crippen LogP contribution in [0.2, 0.25) is 0 Å². The van der Waals surface area contributed by atoms with Crippen LogP contribution in [0.4, 0.5) is 5.82 Å². The molecule has 2 rings (SSSR count). The quantitative estimate of drug-likeness (QED) is 0.501. The van der Waals surface area contributed by atoms with Crippen molar-refractivity contribution in [2.24, 2.45) is 0 Å². The molecule has 104 valence electrons. The molecule has 0 aliphatic heterocycles. The van der Waals surface area contributed by atoms with Gasteiger partial charge >= 0.3 is 0 Å². The van der Waals surface area contributed by atoms with E-state index in [-0.39, 0.29) is 0 Å². The van der Waals surface area contributed by atoms with E-state index in [0.717, 1.165) is 17.6 Å². The van der Waals surface area contributed by atoms with Crippen LogP contribution in [0.5, 0.6) is 5.75 Å². The molecule has 1 N–H and O–H groups in total. The minimum absolute atomic E-state index is 0.442. The van der Waals surface area contributed by atoms with Crippen molar-refractivity contribution in [3.8, 4) is 5.75 Å². The summed E-state index contributed by atoms with van der Waals surface area (Å²) in [6.07, 6.45) is 4.16. The van der Waals surface area contributed by atoms with Crippen LogP contribution in [-0.2, 0) is 6.54 Å². The van der Waals surface area contributed by atoms with Crippen molar-refractivity contribution in [1.82, 2.24) is 9.97 Å². The number of hydrogen-bond acceptors (Lipinski definition) is 6. The number of methoxy groups -OCH3 is 1. The number of anilines is 1. The molecule has 20 heavy (non-hydrogen) atoms. The summed E-state index contributed by atoms with van der Waals surface area (Å²) in [6, 6.07) is 7.71. The fourth-order valence-corrected chi connectivity index (χ4v) is 2.07. The molecule has 1 aromatic carbocycles. The Kier molecular flexibility index (Phi) is 4.95. The van der Waals surface area contributed by atoms with E-state index in [1.807, 2.05) is 30.5 Å². The van der Waals surface area contributed by atoms with Crippen LogP contribution in [0.25, 0.3) is 0 Å². The maximum Gasteiger partial charge on any atom is 0.189 e. The number of nitrogens with zero attached hydrogens (tertiary/aromatic N) is 2. The second kappa shape index (κ2) is 6.91. The van der Waals surface area contributed by atoms with Crippen LogP contribution >= 0.6 is 11.8 Å². The van der Waals surface area contributed by atoms with E-state index >= 15 is 0 Å². The van der Waals surface area contributed by atoms with Crippen molar-refractivity contribution < 1.29 is 9.53 Å². The van der Waals surface area contributed by atoms with Gasteiger partial charge in [-0.15, -0.1) is 0 Å². The highest BCUT2D eigenvalue weighted by Gasteiger charge is 2.07. The molecule has 1 aromatic heterocycles. The third-order valence-electron chi connectivity index (χ3n) is 2.74. The fraction of sp³-hybridized carbons (Fsp3) is 0.214. The van der Waals surface area contributed by atoms with Crippen LogP contribution in [-0.4, -0.2) is 29.6 Å². The number of nitrogens with one attached hydrogen (secondary N) is 1. The predicted octanol–water partition coefficient (Wildman–Crippen LogP) is 2.63. The second-order valence-corrected chi connectivity index (χ2v) is 4.72. The van der Waals surface area contributed by atoms with Gasteiger partial charge in [-0.2, -0.15) is 0 Å². The summed E-state index contributed by atoms with van der Waals surface area (Å²) in [5.41, 5.74) is 1.44. The van der Waals surface area contributed by atoms with Gasteiger partial charge in [0, 0.05) is 18.3 Å². The molecule has 2 aromatic rings. The first-order chi connectivity index (χ1) is 9.78. The van der Waals surface area contributed by atoms with Crippen molar-refractivity contribution >= 4 is 23.9 Å². The van der Waals surface area contributed by atoms with Gasteiger partial charge in [-0.3, -0.25) is 4.79 Å². The normalized spacial score (nSPS) is 10.1. The van der Waals surface area contributed by atoms with Crippen molar-refractivity contribution in [3.63, 3.8) is 0 Å². The predicted molar refractivity (Wildman–Crippen MR) is 79.5 cm³/mol. The Balaban J connectivity index is 2.19. The summed E-state index contributed by atoms with van der Waals surface area (Å²) in [5, 5.41) is 3.78. The second-order valence-electron chi connectivity index (χ2n) is 3.94. The zero-order chi connectivity index (χ0) is 14.4. The Hall–Kier alpha value is -2.08. The Morgan fingerprint density at radius 3 is 2.90 bits per heavy atom. The summed E-state index contributed by atoms with van der Waals surface area (Å²) >= 11 is 1.43. The molecule has 0 saturated heterocycles.